The van der Waals surface area contributed by atoms with Gasteiger partial charge in [0.25, 0.3) is 0 Å². The van der Waals surface area contributed by atoms with Gasteiger partial charge < -0.3 is 14.8 Å². The van der Waals surface area contributed by atoms with Crippen LogP contribution in [0.25, 0.3) is 17.8 Å². The van der Waals surface area contributed by atoms with Gasteiger partial charge in [-0.05, 0) is 57.4 Å². The van der Waals surface area contributed by atoms with Gasteiger partial charge in [-0.15, -0.1) is 0 Å². The minimum absolute atomic E-state index is 0. The van der Waals surface area contributed by atoms with E-state index in [1.807, 2.05) is 32.1 Å². The maximum absolute atomic E-state index is 11.9. The Morgan fingerprint density at radius 3 is 2.62 bits per heavy atom. The molecule has 0 aliphatic heterocycles. The number of hydrogen-bond donors (Lipinski definition) is 2. The second kappa shape index (κ2) is 6.91. The van der Waals surface area contributed by atoms with Crippen molar-refractivity contribution in [1.29, 1.82) is 0 Å². The molecular formula is C21H23BNO3. The van der Waals surface area contributed by atoms with E-state index in [1.54, 1.807) is 19.1 Å². The summed E-state index contributed by atoms with van der Waals surface area (Å²) in [6.07, 6.45) is 4.31. The van der Waals surface area contributed by atoms with E-state index >= 15 is 0 Å². The van der Waals surface area contributed by atoms with Crippen LogP contribution < -0.4 is 10.9 Å². The minimum Gasteiger partial charge on any atom is -0.508 e. The van der Waals surface area contributed by atoms with Crippen LogP contribution in [0.3, 0.4) is 0 Å². The largest absolute Gasteiger partial charge is 0.508 e. The van der Waals surface area contributed by atoms with Gasteiger partial charge in [0.2, 0.25) is 0 Å². The quantitative estimate of drug-likeness (QED) is 0.692. The summed E-state index contributed by atoms with van der Waals surface area (Å²) in [6, 6.07) is 5.69. The van der Waals surface area contributed by atoms with Crippen molar-refractivity contribution in [3.8, 4) is 5.75 Å². The van der Waals surface area contributed by atoms with E-state index < -0.39 is 0 Å². The topological polar surface area (TPSA) is 62.5 Å². The second-order valence-electron chi connectivity index (χ2n) is 6.75. The molecule has 0 fully saturated rings. The monoisotopic (exact) mass is 348 g/mol. The third kappa shape index (κ3) is 3.34. The highest BCUT2D eigenvalue weighted by atomic mass is 16.4. The number of phenols is 1. The molecule has 1 aromatic heterocycles. The average molecular weight is 348 g/mol. The summed E-state index contributed by atoms with van der Waals surface area (Å²) in [7, 11) is 6.03. The van der Waals surface area contributed by atoms with Crippen molar-refractivity contribution in [3.63, 3.8) is 0 Å². The Bertz CT molecular complexity index is 988. The number of rotatable bonds is 5. The van der Waals surface area contributed by atoms with Crippen molar-refractivity contribution in [2.45, 2.75) is 33.2 Å². The van der Waals surface area contributed by atoms with E-state index in [2.05, 4.69) is 12.2 Å². The molecule has 1 unspecified atom stereocenters. The zero-order valence-electron chi connectivity index (χ0n) is 15.2. The lowest BCUT2D eigenvalue weighted by molar-refractivity contribution is 0.470. The molecular weight excluding hydrogens is 325 g/mol. The average Bonchev–Trinajstić information content (AvgIpc) is 2.51. The highest BCUT2D eigenvalue weighted by Crippen LogP contribution is 2.32. The van der Waals surface area contributed by atoms with Crippen LogP contribution in [-0.4, -0.2) is 19.0 Å². The standard InChI is InChI=1S/C21H21BNO3.H2/c1-11-5-6-15(10-18(11)24)9-12(2)23-20(13(3)22)19-14(4)26-21(25)17-8-7-16(17)19;/h5-8,10,12,23-24H,3,9H2,1-2,4H3;1H/b20-13+;. The van der Waals surface area contributed by atoms with Crippen molar-refractivity contribution in [2.75, 3.05) is 0 Å². The van der Waals surface area contributed by atoms with Crippen LogP contribution in [0.15, 0.2) is 32.9 Å². The first-order valence-corrected chi connectivity index (χ1v) is 8.50. The summed E-state index contributed by atoms with van der Waals surface area (Å²) in [6.45, 7) is 9.50. The number of hydrogen-bond acceptors (Lipinski definition) is 4. The van der Waals surface area contributed by atoms with Gasteiger partial charge in [-0.2, -0.15) is 0 Å². The molecule has 1 heterocycles. The highest BCUT2D eigenvalue weighted by Gasteiger charge is 2.23. The van der Waals surface area contributed by atoms with Gasteiger partial charge in [-0.25, -0.2) is 4.79 Å². The predicted molar refractivity (Wildman–Crippen MR) is 108 cm³/mol. The molecule has 5 heteroatoms. The minimum atomic E-state index is -0.339. The van der Waals surface area contributed by atoms with Crippen LogP contribution in [0.5, 0.6) is 5.75 Å². The summed E-state index contributed by atoms with van der Waals surface area (Å²) in [5, 5.41) is 13.3. The lowest BCUT2D eigenvalue weighted by Gasteiger charge is -2.24. The highest BCUT2D eigenvalue weighted by molar-refractivity contribution is 6.26. The number of aromatic hydroxyl groups is 1. The lowest BCUT2D eigenvalue weighted by atomic mass is 9.86. The normalized spacial score (nSPS) is 14.3. The van der Waals surface area contributed by atoms with E-state index in [1.165, 1.54) is 0 Å². The maximum Gasteiger partial charge on any atom is 0.343 e. The Kier molecular flexibility index (Phi) is 4.81. The fourth-order valence-electron chi connectivity index (χ4n) is 3.15. The van der Waals surface area contributed by atoms with Gasteiger partial charge in [-0.1, -0.05) is 23.7 Å². The van der Waals surface area contributed by atoms with Crippen molar-refractivity contribution in [3.05, 3.63) is 74.6 Å². The molecule has 133 valence electrons. The molecule has 3 rings (SSSR count). The summed E-state index contributed by atoms with van der Waals surface area (Å²) < 4.78 is 5.33. The molecule has 0 saturated heterocycles. The zero-order valence-corrected chi connectivity index (χ0v) is 15.2. The van der Waals surface area contributed by atoms with Crippen LogP contribution >= 0.6 is 0 Å². The molecule has 3 radical (unpaired) electrons. The molecule has 2 aromatic rings. The van der Waals surface area contributed by atoms with Crippen molar-refractivity contribution >= 4 is 25.7 Å². The summed E-state index contributed by atoms with van der Waals surface area (Å²) in [5.41, 5.74) is 4.72. The maximum atomic E-state index is 11.9. The lowest BCUT2D eigenvalue weighted by Crippen LogP contribution is -2.29. The molecule has 0 bridgehead atoms. The number of fused-ring (bicyclic) bond motifs is 1. The van der Waals surface area contributed by atoms with Crippen LogP contribution in [0.1, 0.15) is 41.9 Å². The molecule has 26 heavy (non-hydrogen) atoms. The summed E-state index contributed by atoms with van der Waals surface area (Å²) >= 11 is 0. The van der Waals surface area contributed by atoms with Gasteiger partial charge in [-0.3, -0.25) is 0 Å². The van der Waals surface area contributed by atoms with Crippen LogP contribution in [0.2, 0.25) is 0 Å². The fourth-order valence-corrected chi connectivity index (χ4v) is 3.15. The Labute approximate surface area is 156 Å². The number of aryl methyl sites for hydroxylation is 2. The van der Waals surface area contributed by atoms with E-state index in [-0.39, 0.29) is 18.8 Å². The Hall–Kier alpha value is -2.69. The number of benzene rings is 1. The fraction of sp³-hybridized carbons (Fsp3) is 0.238. The SMILES string of the molecule is [B]/C([CH2])=C(/NC(C)Cc1ccc(C)c(O)c1)c1c(C)oc(=O)c2c1C=C2.[HH]. The summed E-state index contributed by atoms with van der Waals surface area (Å²) in [4.78, 5) is 11.9. The third-order valence-electron chi connectivity index (χ3n) is 4.57. The molecule has 1 aromatic carbocycles. The number of nitrogens with one attached hydrogen (secondary N) is 1. The molecule has 2 N–H and O–H groups in total. The smallest absolute Gasteiger partial charge is 0.343 e. The first-order valence-electron chi connectivity index (χ1n) is 8.50. The van der Waals surface area contributed by atoms with E-state index in [4.69, 9.17) is 12.3 Å². The summed E-state index contributed by atoms with van der Waals surface area (Å²) in [5.74, 6) is 0.793. The van der Waals surface area contributed by atoms with E-state index in [0.29, 0.717) is 28.9 Å². The first kappa shape index (κ1) is 18.1. The third-order valence-corrected chi connectivity index (χ3v) is 4.57. The zero-order chi connectivity index (χ0) is 19.0. The van der Waals surface area contributed by atoms with Crippen molar-refractivity contribution in [2.24, 2.45) is 0 Å². The van der Waals surface area contributed by atoms with Gasteiger partial charge in [0.05, 0.1) is 5.56 Å². The Balaban J connectivity index is 0.00000261. The second-order valence-corrected chi connectivity index (χ2v) is 6.75. The Morgan fingerprint density at radius 2 is 2.04 bits per heavy atom. The van der Waals surface area contributed by atoms with Gasteiger partial charge in [0.1, 0.15) is 19.4 Å². The molecule has 4 nitrogen and oxygen atoms in total. The molecule has 1 aliphatic rings. The number of phenolic OH excluding ortho intramolecular Hbond substituents is 1. The molecule has 0 spiro atoms. The number of allylic oxidation sites excluding steroid dienone is 1. The molecule has 0 amide bonds. The molecule has 0 saturated carbocycles. The van der Waals surface area contributed by atoms with E-state index in [0.717, 1.165) is 22.3 Å². The van der Waals surface area contributed by atoms with Crippen LogP contribution in [0, 0.1) is 20.8 Å². The van der Waals surface area contributed by atoms with E-state index in [9.17, 15) is 9.90 Å². The van der Waals surface area contributed by atoms with Gasteiger partial charge in [0.15, 0.2) is 0 Å². The van der Waals surface area contributed by atoms with Crippen LogP contribution in [0.4, 0.5) is 0 Å². The van der Waals surface area contributed by atoms with Gasteiger partial charge in [0, 0.05) is 24.3 Å². The van der Waals surface area contributed by atoms with Crippen LogP contribution in [-0.2, 0) is 6.42 Å². The first-order chi connectivity index (χ1) is 12.3. The molecule has 1 aliphatic carbocycles. The van der Waals surface area contributed by atoms with Crippen molar-refractivity contribution < 1.29 is 11.0 Å². The van der Waals surface area contributed by atoms with Crippen molar-refractivity contribution in [1.82, 2.24) is 5.32 Å². The molecule has 1 atom stereocenters. The van der Waals surface area contributed by atoms with Gasteiger partial charge >= 0.3 is 5.63 Å². The Morgan fingerprint density at radius 1 is 1.35 bits per heavy atom. The predicted octanol–water partition coefficient (Wildman–Crippen LogP) is 3.58.